The van der Waals surface area contributed by atoms with Gasteiger partial charge in [0.05, 0.1) is 16.9 Å². The standard InChI is InChI=1S/C11H15BrN2O/c12-9-5-1-2-6-10(9)15-8-4-3-7-11(13)14/h1-2,5-6H,3-4,7-8H2,(H3,13,14). The molecule has 0 aliphatic carbocycles. The van der Waals surface area contributed by atoms with E-state index >= 15 is 0 Å². The van der Waals surface area contributed by atoms with Gasteiger partial charge < -0.3 is 10.5 Å². The van der Waals surface area contributed by atoms with Gasteiger partial charge >= 0.3 is 0 Å². The molecule has 0 aliphatic heterocycles. The first kappa shape index (κ1) is 12.0. The second-order valence-corrected chi connectivity index (χ2v) is 4.12. The molecule has 3 nitrogen and oxygen atoms in total. The minimum atomic E-state index is 0.246. The summed E-state index contributed by atoms with van der Waals surface area (Å²) in [6.45, 7) is 0.663. The molecule has 4 heteroatoms. The van der Waals surface area contributed by atoms with Gasteiger partial charge in [-0.25, -0.2) is 0 Å². The molecule has 0 bridgehead atoms. The molecular formula is C11H15BrN2O. The van der Waals surface area contributed by atoms with Crippen molar-refractivity contribution in [2.45, 2.75) is 19.3 Å². The largest absolute Gasteiger partial charge is 0.492 e. The molecule has 15 heavy (non-hydrogen) atoms. The smallest absolute Gasteiger partial charge is 0.133 e. The zero-order valence-corrected chi connectivity index (χ0v) is 10.1. The van der Waals surface area contributed by atoms with Gasteiger partial charge in [-0.05, 0) is 40.9 Å². The first-order valence-electron chi connectivity index (χ1n) is 4.90. The van der Waals surface area contributed by atoms with Crippen LogP contribution in [0.25, 0.3) is 0 Å². The van der Waals surface area contributed by atoms with E-state index in [9.17, 15) is 0 Å². The quantitative estimate of drug-likeness (QED) is 0.474. The minimum Gasteiger partial charge on any atom is -0.492 e. The summed E-state index contributed by atoms with van der Waals surface area (Å²) in [7, 11) is 0. The number of halogens is 1. The summed E-state index contributed by atoms with van der Waals surface area (Å²) in [6, 6.07) is 7.77. The number of amidine groups is 1. The van der Waals surface area contributed by atoms with Gasteiger partial charge in [-0.2, -0.15) is 0 Å². The highest BCUT2D eigenvalue weighted by Gasteiger charge is 1.98. The third-order valence-corrected chi connectivity index (χ3v) is 2.59. The molecular weight excluding hydrogens is 256 g/mol. The number of hydrogen-bond donors (Lipinski definition) is 2. The van der Waals surface area contributed by atoms with E-state index in [1.807, 2.05) is 24.3 Å². The fourth-order valence-electron chi connectivity index (χ4n) is 1.16. The maximum atomic E-state index is 7.06. The Hall–Kier alpha value is -1.03. The maximum absolute atomic E-state index is 7.06. The Labute approximate surface area is 98.3 Å². The molecule has 0 heterocycles. The number of benzene rings is 1. The summed E-state index contributed by atoms with van der Waals surface area (Å²) in [4.78, 5) is 0. The molecule has 0 radical (unpaired) electrons. The van der Waals surface area contributed by atoms with Gasteiger partial charge in [-0.15, -0.1) is 0 Å². The Morgan fingerprint density at radius 3 is 2.73 bits per heavy atom. The van der Waals surface area contributed by atoms with E-state index in [2.05, 4.69) is 15.9 Å². The van der Waals surface area contributed by atoms with Crippen LogP contribution in [0.1, 0.15) is 19.3 Å². The predicted molar refractivity (Wildman–Crippen MR) is 65.4 cm³/mol. The van der Waals surface area contributed by atoms with E-state index in [1.54, 1.807) is 0 Å². The van der Waals surface area contributed by atoms with E-state index in [-0.39, 0.29) is 5.84 Å². The van der Waals surface area contributed by atoms with Gasteiger partial charge in [0, 0.05) is 6.42 Å². The van der Waals surface area contributed by atoms with Crippen LogP contribution in [0.5, 0.6) is 5.75 Å². The third-order valence-electron chi connectivity index (χ3n) is 1.93. The molecule has 0 unspecified atom stereocenters. The number of hydrogen-bond acceptors (Lipinski definition) is 2. The molecule has 82 valence electrons. The Bertz CT molecular complexity index is 328. The Morgan fingerprint density at radius 1 is 1.33 bits per heavy atom. The van der Waals surface area contributed by atoms with Crippen molar-refractivity contribution in [1.29, 1.82) is 5.41 Å². The molecule has 0 aromatic heterocycles. The number of unbranched alkanes of at least 4 members (excludes halogenated alkanes) is 1. The highest BCUT2D eigenvalue weighted by atomic mass is 79.9. The molecule has 3 N–H and O–H groups in total. The van der Waals surface area contributed by atoms with E-state index in [4.69, 9.17) is 15.9 Å². The Balaban J connectivity index is 2.21. The summed E-state index contributed by atoms with van der Waals surface area (Å²) in [5.74, 6) is 1.11. The first-order valence-corrected chi connectivity index (χ1v) is 5.69. The van der Waals surface area contributed by atoms with E-state index < -0.39 is 0 Å². The highest BCUT2D eigenvalue weighted by Crippen LogP contribution is 2.23. The van der Waals surface area contributed by atoms with Crippen LogP contribution < -0.4 is 10.5 Å². The third kappa shape index (κ3) is 4.83. The molecule has 0 fully saturated rings. The lowest BCUT2D eigenvalue weighted by Gasteiger charge is -2.07. The first-order chi connectivity index (χ1) is 7.20. The van der Waals surface area contributed by atoms with Crippen LogP contribution in [-0.4, -0.2) is 12.4 Å². The average Bonchev–Trinajstić information content (AvgIpc) is 2.20. The number of para-hydroxylation sites is 1. The van der Waals surface area contributed by atoms with E-state index in [0.29, 0.717) is 13.0 Å². The van der Waals surface area contributed by atoms with Gasteiger partial charge in [-0.1, -0.05) is 12.1 Å². The van der Waals surface area contributed by atoms with Crippen LogP contribution >= 0.6 is 15.9 Å². The highest BCUT2D eigenvalue weighted by molar-refractivity contribution is 9.10. The van der Waals surface area contributed by atoms with Crippen molar-refractivity contribution in [3.63, 3.8) is 0 Å². The number of ether oxygens (including phenoxy) is 1. The number of rotatable bonds is 6. The number of nitrogens with two attached hydrogens (primary N) is 1. The molecule has 0 amide bonds. The molecule has 1 aromatic rings. The molecule has 1 rings (SSSR count). The monoisotopic (exact) mass is 270 g/mol. The maximum Gasteiger partial charge on any atom is 0.133 e. The van der Waals surface area contributed by atoms with Crippen molar-refractivity contribution >= 4 is 21.8 Å². The second-order valence-electron chi connectivity index (χ2n) is 3.26. The molecule has 1 aromatic carbocycles. The second kappa shape index (κ2) is 6.45. The predicted octanol–water partition coefficient (Wildman–Crippen LogP) is 2.93. The van der Waals surface area contributed by atoms with Crippen LogP contribution in [0, 0.1) is 5.41 Å². The van der Waals surface area contributed by atoms with Crippen molar-refractivity contribution < 1.29 is 4.74 Å². The van der Waals surface area contributed by atoms with Crippen LogP contribution in [0.3, 0.4) is 0 Å². The zero-order chi connectivity index (χ0) is 11.1. The van der Waals surface area contributed by atoms with E-state index in [0.717, 1.165) is 23.1 Å². The van der Waals surface area contributed by atoms with Crippen LogP contribution in [0.15, 0.2) is 28.7 Å². The van der Waals surface area contributed by atoms with Crippen molar-refractivity contribution in [1.82, 2.24) is 0 Å². The fraction of sp³-hybridized carbons (Fsp3) is 0.364. The summed E-state index contributed by atoms with van der Waals surface area (Å²) in [5.41, 5.74) is 5.24. The van der Waals surface area contributed by atoms with Gasteiger partial charge in [-0.3, -0.25) is 5.41 Å². The Kier molecular flexibility index (Phi) is 5.18. The van der Waals surface area contributed by atoms with Crippen molar-refractivity contribution in [3.8, 4) is 5.75 Å². The number of nitrogens with one attached hydrogen (secondary N) is 1. The SMILES string of the molecule is N=C(N)CCCCOc1ccccc1Br. The van der Waals surface area contributed by atoms with Crippen LogP contribution in [0.4, 0.5) is 0 Å². The van der Waals surface area contributed by atoms with Gasteiger partial charge in [0.25, 0.3) is 0 Å². The van der Waals surface area contributed by atoms with Crippen LogP contribution in [0.2, 0.25) is 0 Å². The molecule has 0 aliphatic rings. The van der Waals surface area contributed by atoms with E-state index in [1.165, 1.54) is 0 Å². The normalized spacial score (nSPS) is 9.93. The molecule has 0 saturated heterocycles. The van der Waals surface area contributed by atoms with Gasteiger partial charge in [0.1, 0.15) is 5.75 Å². The molecule has 0 atom stereocenters. The Morgan fingerprint density at radius 2 is 2.07 bits per heavy atom. The summed E-state index contributed by atoms with van der Waals surface area (Å²) in [6.07, 6.45) is 2.47. The van der Waals surface area contributed by atoms with Crippen molar-refractivity contribution in [2.75, 3.05) is 6.61 Å². The summed E-state index contributed by atoms with van der Waals surface area (Å²) in [5, 5.41) is 7.06. The lowest BCUT2D eigenvalue weighted by molar-refractivity contribution is 0.306. The van der Waals surface area contributed by atoms with Gasteiger partial charge in [0.2, 0.25) is 0 Å². The molecule has 0 saturated carbocycles. The fourth-order valence-corrected chi connectivity index (χ4v) is 1.56. The van der Waals surface area contributed by atoms with Crippen molar-refractivity contribution in [3.05, 3.63) is 28.7 Å². The lowest BCUT2D eigenvalue weighted by Crippen LogP contribution is -2.09. The summed E-state index contributed by atoms with van der Waals surface area (Å²) < 4.78 is 6.53. The molecule has 0 spiro atoms. The van der Waals surface area contributed by atoms with Crippen molar-refractivity contribution in [2.24, 2.45) is 5.73 Å². The average molecular weight is 271 g/mol. The summed E-state index contributed by atoms with van der Waals surface area (Å²) >= 11 is 3.41. The topological polar surface area (TPSA) is 59.1 Å². The van der Waals surface area contributed by atoms with Crippen LogP contribution in [-0.2, 0) is 0 Å². The minimum absolute atomic E-state index is 0.246. The lowest BCUT2D eigenvalue weighted by atomic mass is 10.2. The zero-order valence-electron chi connectivity index (χ0n) is 8.50. The van der Waals surface area contributed by atoms with Gasteiger partial charge in [0.15, 0.2) is 0 Å².